The van der Waals surface area contributed by atoms with Gasteiger partial charge in [0.15, 0.2) is 6.10 Å². The molecule has 15 heavy (non-hydrogen) atoms. The quantitative estimate of drug-likeness (QED) is 0.751. The van der Waals surface area contributed by atoms with Gasteiger partial charge >= 0.3 is 5.97 Å². The van der Waals surface area contributed by atoms with Crippen molar-refractivity contribution in [1.82, 2.24) is 0 Å². The molecule has 1 aromatic carbocycles. The van der Waals surface area contributed by atoms with Crippen LogP contribution in [0.15, 0.2) is 18.2 Å². The summed E-state index contributed by atoms with van der Waals surface area (Å²) < 4.78 is 22.6. The number of hydrogen-bond acceptors (Lipinski definition) is 3. The Bertz CT molecular complexity index is 368. The van der Waals surface area contributed by atoms with Crippen LogP contribution in [0.2, 0.25) is 5.02 Å². The highest BCUT2D eigenvalue weighted by molar-refractivity contribution is 6.30. The number of ether oxygens (including phenoxy) is 2. The molecule has 0 aliphatic rings. The SMILES string of the molecule is COC(=O)[C@H](C)Oc1ccc(Cl)c(F)c1. The van der Waals surface area contributed by atoms with E-state index in [-0.39, 0.29) is 10.8 Å². The van der Waals surface area contributed by atoms with E-state index in [0.29, 0.717) is 0 Å². The van der Waals surface area contributed by atoms with Crippen LogP contribution in [0.5, 0.6) is 5.75 Å². The van der Waals surface area contributed by atoms with Crippen LogP contribution in [0.4, 0.5) is 4.39 Å². The molecule has 1 aromatic rings. The van der Waals surface area contributed by atoms with Gasteiger partial charge in [0.25, 0.3) is 0 Å². The lowest BCUT2D eigenvalue weighted by atomic mass is 10.3. The zero-order valence-electron chi connectivity index (χ0n) is 8.29. The summed E-state index contributed by atoms with van der Waals surface area (Å²) in [7, 11) is 1.25. The van der Waals surface area contributed by atoms with Crippen LogP contribution >= 0.6 is 11.6 Å². The molecule has 1 rings (SSSR count). The average molecular weight is 233 g/mol. The van der Waals surface area contributed by atoms with Crippen LogP contribution in [0, 0.1) is 5.82 Å². The van der Waals surface area contributed by atoms with Crippen molar-refractivity contribution in [3.63, 3.8) is 0 Å². The van der Waals surface area contributed by atoms with Gasteiger partial charge < -0.3 is 9.47 Å². The molecule has 0 heterocycles. The van der Waals surface area contributed by atoms with E-state index in [1.165, 1.54) is 26.2 Å². The molecule has 0 amide bonds. The van der Waals surface area contributed by atoms with Crippen molar-refractivity contribution in [2.45, 2.75) is 13.0 Å². The third kappa shape index (κ3) is 3.09. The highest BCUT2D eigenvalue weighted by Crippen LogP contribution is 2.21. The normalized spacial score (nSPS) is 12.0. The maximum Gasteiger partial charge on any atom is 0.346 e. The first-order chi connectivity index (χ1) is 7.04. The molecule has 3 nitrogen and oxygen atoms in total. The lowest BCUT2D eigenvalue weighted by molar-refractivity contribution is -0.147. The Hall–Kier alpha value is -1.29. The first-order valence-electron chi connectivity index (χ1n) is 4.24. The lowest BCUT2D eigenvalue weighted by Gasteiger charge is -2.12. The first kappa shape index (κ1) is 11.8. The largest absolute Gasteiger partial charge is 0.479 e. The topological polar surface area (TPSA) is 35.5 Å². The van der Waals surface area contributed by atoms with Crippen molar-refractivity contribution < 1.29 is 18.7 Å². The Kier molecular flexibility index (Phi) is 3.91. The van der Waals surface area contributed by atoms with Gasteiger partial charge in [-0.15, -0.1) is 0 Å². The van der Waals surface area contributed by atoms with Crippen molar-refractivity contribution in [2.24, 2.45) is 0 Å². The van der Waals surface area contributed by atoms with Crippen molar-refractivity contribution >= 4 is 17.6 Å². The number of hydrogen-bond donors (Lipinski definition) is 0. The summed E-state index contributed by atoms with van der Waals surface area (Å²) in [6, 6.07) is 3.95. The van der Waals surface area contributed by atoms with Crippen molar-refractivity contribution in [3.05, 3.63) is 29.0 Å². The molecular formula is C10H10ClFO3. The van der Waals surface area contributed by atoms with Gasteiger partial charge in [0.05, 0.1) is 12.1 Å². The first-order valence-corrected chi connectivity index (χ1v) is 4.62. The summed E-state index contributed by atoms with van der Waals surface area (Å²) in [4.78, 5) is 11.0. The lowest BCUT2D eigenvalue weighted by Crippen LogP contribution is -2.24. The molecule has 0 spiro atoms. The molecular weight excluding hydrogens is 223 g/mol. The fourth-order valence-corrected chi connectivity index (χ4v) is 1.09. The Balaban J connectivity index is 2.73. The molecule has 0 aromatic heterocycles. The van der Waals surface area contributed by atoms with Gasteiger partial charge in [-0.05, 0) is 19.1 Å². The predicted octanol–water partition coefficient (Wildman–Crippen LogP) is 2.42. The summed E-state index contributed by atoms with van der Waals surface area (Å²) in [5.74, 6) is -0.883. The third-order valence-corrected chi connectivity index (χ3v) is 2.04. The number of rotatable bonds is 3. The summed E-state index contributed by atoms with van der Waals surface area (Å²) in [5.41, 5.74) is 0. The minimum absolute atomic E-state index is 0.00747. The number of methoxy groups -OCH3 is 1. The molecule has 5 heteroatoms. The molecule has 0 radical (unpaired) electrons. The van der Waals surface area contributed by atoms with Crippen molar-refractivity contribution in [3.8, 4) is 5.75 Å². The molecule has 0 fully saturated rings. The number of halogens is 2. The Morgan fingerprint density at radius 3 is 2.73 bits per heavy atom. The van der Waals surface area contributed by atoms with E-state index in [2.05, 4.69) is 4.74 Å². The summed E-state index contributed by atoms with van der Waals surface area (Å²) in [6.45, 7) is 1.51. The molecule has 0 N–H and O–H groups in total. The van der Waals surface area contributed by atoms with Gasteiger partial charge in [0.1, 0.15) is 11.6 Å². The smallest absolute Gasteiger partial charge is 0.346 e. The van der Waals surface area contributed by atoms with Gasteiger partial charge in [-0.3, -0.25) is 0 Å². The van der Waals surface area contributed by atoms with Gasteiger partial charge in [0, 0.05) is 6.07 Å². The maximum atomic E-state index is 13.0. The number of carbonyl (C=O) groups excluding carboxylic acids is 1. The molecule has 0 aliphatic heterocycles. The van der Waals surface area contributed by atoms with E-state index < -0.39 is 17.9 Å². The zero-order valence-corrected chi connectivity index (χ0v) is 9.05. The second kappa shape index (κ2) is 4.98. The minimum Gasteiger partial charge on any atom is -0.479 e. The molecule has 0 bridgehead atoms. The van der Waals surface area contributed by atoms with Crippen LogP contribution in [0.25, 0.3) is 0 Å². The fourth-order valence-electron chi connectivity index (χ4n) is 0.968. The van der Waals surface area contributed by atoms with E-state index in [1.807, 2.05) is 0 Å². The molecule has 0 saturated carbocycles. The predicted molar refractivity (Wildman–Crippen MR) is 53.5 cm³/mol. The van der Waals surface area contributed by atoms with Gasteiger partial charge in [0.2, 0.25) is 0 Å². The molecule has 0 unspecified atom stereocenters. The molecule has 82 valence electrons. The van der Waals surface area contributed by atoms with Gasteiger partial charge in [-0.2, -0.15) is 0 Å². The van der Waals surface area contributed by atoms with E-state index in [0.717, 1.165) is 6.07 Å². The third-order valence-electron chi connectivity index (χ3n) is 1.74. The van der Waals surface area contributed by atoms with E-state index in [1.54, 1.807) is 0 Å². The number of esters is 1. The number of carbonyl (C=O) groups is 1. The van der Waals surface area contributed by atoms with Crippen LogP contribution in [-0.2, 0) is 9.53 Å². The van der Waals surface area contributed by atoms with Gasteiger partial charge in [-0.1, -0.05) is 11.6 Å². The van der Waals surface area contributed by atoms with Crippen LogP contribution in [-0.4, -0.2) is 19.2 Å². The highest BCUT2D eigenvalue weighted by Gasteiger charge is 2.15. The second-order valence-corrected chi connectivity index (χ2v) is 3.27. The number of benzene rings is 1. The standard InChI is InChI=1S/C10H10ClFO3/c1-6(10(13)14-2)15-7-3-4-8(11)9(12)5-7/h3-6H,1-2H3/t6-/m0/s1. The second-order valence-electron chi connectivity index (χ2n) is 2.86. The van der Waals surface area contributed by atoms with Crippen molar-refractivity contribution in [2.75, 3.05) is 7.11 Å². The molecule has 0 saturated heterocycles. The Morgan fingerprint density at radius 1 is 1.53 bits per heavy atom. The van der Waals surface area contributed by atoms with Crippen molar-refractivity contribution in [1.29, 1.82) is 0 Å². The molecule has 1 atom stereocenters. The monoisotopic (exact) mass is 232 g/mol. The van der Waals surface area contributed by atoms with Crippen LogP contribution in [0.3, 0.4) is 0 Å². The van der Waals surface area contributed by atoms with E-state index >= 15 is 0 Å². The maximum absolute atomic E-state index is 13.0. The summed E-state index contributed by atoms with van der Waals surface area (Å²) >= 11 is 5.48. The van der Waals surface area contributed by atoms with E-state index in [4.69, 9.17) is 16.3 Å². The van der Waals surface area contributed by atoms with Gasteiger partial charge in [-0.25, -0.2) is 9.18 Å². The summed E-state index contributed by atoms with van der Waals surface area (Å²) in [5, 5.41) is 0.00747. The van der Waals surface area contributed by atoms with E-state index in [9.17, 15) is 9.18 Å². The summed E-state index contributed by atoms with van der Waals surface area (Å²) in [6.07, 6.45) is -0.782. The fraction of sp³-hybridized carbons (Fsp3) is 0.300. The Morgan fingerprint density at radius 2 is 2.20 bits per heavy atom. The molecule has 0 aliphatic carbocycles. The van der Waals surface area contributed by atoms with Crippen LogP contribution < -0.4 is 4.74 Å². The van der Waals surface area contributed by atoms with Crippen LogP contribution in [0.1, 0.15) is 6.92 Å². The highest BCUT2D eigenvalue weighted by atomic mass is 35.5. The minimum atomic E-state index is -0.782. The zero-order chi connectivity index (χ0) is 11.4. The average Bonchev–Trinajstić information content (AvgIpc) is 2.22. The Labute approximate surface area is 91.7 Å².